The van der Waals surface area contributed by atoms with Crippen molar-refractivity contribution in [3.05, 3.63) is 29.8 Å². The van der Waals surface area contributed by atoms with E-state index in [0.717, 1.165) is 25.3 Å². The number of nitrogens with zero attached hydrogens (tertiary/aromatic N) is 1. The van der Waals surface area contributed by atoms with E-state index in [9.17, 15) is 13.2 Å². The van der Waals surface area contributed by atoms with Crippen LogP contribution in [0.25, 0.3) is 0 Å². The lowest BCUT2D eigenvalue weighted by molar-refractivity contribution is -0.137. The lowest BCUT2D eigenvalue weighted by Gasteiger charge is -2.35. The van der Waals surface area contributed by atoms with Crippen LogP contribution >= 0.6 is 11.6 Å². The zero-order valence-electron chi connectivity index (χ0n) is 10.6. The Balaban J connectivity index is 2.21. The van der Waals surface area contributed by atoms with Gasteiger partial charge in [0.2, 0.25) is 0 Å². The van der Waals surface area contributed by atoms with Crippen LogP contribution in [0.3, 0.4) is 0 Å². The number of anilines is 1. The fraction of sp³-hybridized carbons (Fsp3) is 0.571. The van der Waals surface area contributed by atoms with Gasteiger partial charge in [-0.15, -0.1) is 11.6 Å². The molecule has 1 heterocycles. The van der Waals surface area contributed by atoms with Crippen LogP contribution in [0.5, 0.6) is 0 Å². The number of rotatable bonds is 3. The summed E-state index contributed by atoms with van der Waals surface area (Å²) in [6, 6.07) is 5.81. The van der Waals surface area contributed by atoms with Gasteiger partial charge in [-0.05, 0) is 37.3 Å². The number of halogens is 4. The predicted molar refractivity (Wildman–Crippen MR) is 71.7 cm³/mol. The largest absolute Gasteiger partial charge is 0.418 e. The summed E-state index contributed by atoms with van der Waals surface area (Å²) in [6.07, 6.45) is -1.45. The van der Waals surface area contributed by atoms with Gasteiger partial charge in [0.1, 0.15) is 0 Å². The molecule has 0 amide bonds. The minimum absolute atomic E-state index is 0.300. The first-order valence-corrected chi connectivity index (χ1v) is 7.03. The summed E-state index contributed by atoms with van der Waals surface area (Å²) in [5, 5.41) is 0. The van der Waals surface area contributed by atoms with Crippen molar-refractivity contribution >= 4 is 17.3 Å². The van der Waals surface area contributed by atoms with E-state index < -0.39 is 11.7 Å². The van der Waals surface area contributed by atoms with Crippen molar-refractivity contribution in [1.29, 1.82) is 0 Å². The molecule has 1 aliphatic heterocycles. The standard InChI is InChI=1S/C14H17ClF3N/c15-8-7-11-4-3-9-19(10-11)13-6-2-1-5-12(13)14(16,17)18/h1-2,5-6,11H,3-4,7-10H2. The molecule has 1 aromatic carbocycles. The number of piperidine rings is 1. The lowest BCUT2D eigenvalue weighted by atomic mass is 9.94. The molecule has 1 nitrogen and oxygen atoms in total. The summed E-state index contributed by atoms with van der Waals surface area (Å²) in [7, 11) is 0. The van der Waals surface area contributed by atoms with Crippen LogP contribution in [0.4, 0.5) is 18.9 Å². The van der Waals surface area contributed by atoms with Gasteiger partial charge in [0.25, 0.3) is 0 Å². The van der Waals surface area contributed by atoms with Gasteiger partial charge in [0.15, 0.2) is 0 Å². The van der Waals surface area contributed by atoms with E-state index in [0.29, 0.717) is 30.6 Å². The summed E-state index contributed by atoms with van der Waals surface area (Å²) in [4.78, 5) is 1.85. The topological polar surface area (TPSA) is 3.24 Å². The van der Waals surface area contributed by atoms with E-state index >= 15 is 0 Å². The van der Waals surface area contributed by atoms with Crippen LogP contribution in [0.15, 0.2) is 24.3 Å². The normalized spacial score (nSPS) is 20.6. The maximum atomic E-state index is 13.0. The zero-order chi connectivity index (χ0) is 13.9. The fourth-order valence-electron chi connectivity index (χ4n) is 2.66. The predicted octanol–water partition coefficient (Wildman–Crippen LogP) is 4.55. The molecule has 0 N–H and O–H groups in total. The van der Waals surface area contributed by atoms with Gasteiger partial charge in [-0.25, -0.2) is 0 Å². The van der Waals surface area contributed by atoms with E-state index in [1.807, 2.05) is 4.90 Å². The Bertz CT molecular complexity index is 417. The Labute approximate surface area is 116 Å². The highest BCUT2D eigenvalue weighted by Gasteiger charge is 2.35. The second-order valence-electron chi connectivity index (χ2n) is 4.95. The number of alkyl halides is 4. The Morgan fingerprint density at radius 2 is 2.00 bits per heavy atom. The van der Waals surface area contributed by atoms with Gasteiger partial charge in [-0.3, -0.25) is 0 Å². The molecule has 106 valence electrons. The van der Waals surface area contributed by atoms with Crippen molar-refractivity contribution in [1.82, 2.24) is 0 Å². The van der Waals surface area contributed by atoms with E-state index in [-0.39, 0.29) is 0 Å². The molecule has 2 rings (SSSR count). The Kier molecular flexibility index (Phi) is 4.61. The maximum absolute atomic E-state index is 13.0. The second kappa shape index (κ2) is 6.04. The molecule has 19 heavy (non-hydrogen) atoms. The summed E-state index contributed by atoms with van der Waals surface area (Å²) in [6.45, 7) is 1.35. The highest BCUT2D eigenvalue weighted by molar-refractivity contribution is 6.17. The van der Waals surface area contributed by atoms with Gasteiger partial charge in [-0.1, -0.05) is 12.1 Å². The van der Waals surface area contributed by atoms with E-state index in [2.05, 4.69) is 0 Å². The van der Waals surface area contributed by atoms with Crippen molar-refractivity contribution < 1.29 is 13.2 Å². The third-order valence-electron chi connectivity index (χ3n) is 3.59. The molecule has 0 radical (unpaired) electrons. The zero-order valence-corrected chi connectivity index (χ0v) is 11.3. The van der Waals surface area contributed by atoms with Crippen molar-refractivity contribution in [3.63, 3.8) is 0 Å². The molecule has 5 heteroatoms. The maximum Gasteiger partial charge on any atom is 0.418 e. The first-order chi connectivity index (χ1) is 9.02. The minimum Gasteiger partial charge on any atom is -0.371 e. The third kappa shape index (κ3) is 3.56. The summed E-state index contributed by atoms with van der Waals surface area (Å²) in [5.74, 6) is 0.965. The quantitative estimate of drug-likeness (QED) is 0.739. The Morgan fingerprint density at radius 3 is 2.68 bits per heavy atom. The molecule has 0 aromatic heterocycles. The van der Waals surface area contributed by atoms with Crippen LogP contribution in [0.1, 0.15) is 24.8 Å². The fourth-order valence-corrected chi connectivity index (χ4v) is 2.97. The molecule has 1 saturated heterocycles. The van der Waals surface area contributed by atoms with Gasteiger partial charge >= 0.3 is 6.18 Å². The SMILES string of the molecule is FC(F)(F)c1ccccc1N1CCCC(CCCl)C1. The molecule has 0 spiro atoms. The van der Waals surface area contributed by atoms with Crippen molar-refractivity contribution in [2.45, 2.75) is 25.4 Å². The molecule has 1 aliphatic rings. The molecule has 1 unspecified atom stereocenters. The van der Waals surface area contributed by atoms with Crippen LogP contribution in [-0.4, -0.2) is 19.0 Å². The molecule has 1 fully saturated rings. The van der Waals surface area contributed by atoms with E-state index in [1.54, 1.807) is 12.1 Å². The second-order valence-corrected chi connectivity index (χ2v) is 5.32. The van der Waals surface area contributed by atoms with Crippen molar-refractivity contribution in [3.8, 4) is 0 Å². The van der Waals surface area contributed by atoms with Gasteiger partial charge < -0.3 is 4.90 Å². The summed E-state index contributed by atoms with van der Waals surface area (Å²) < 4.78 is 39.0. The first-order valence-electron chi connectivity index (χ1n) is 6.49. The summed E-state index contributed by atoms with van der Waals surface area (Å²) in [5.41, 5.74) is -0.240. The Hall–Kier alpha value is -0.900. The van der Waals surface area contributed by atoms with Gasteiger partial charge in [-0.2, -0.15) is 13.2 Å². The molecule has 0 saturated carbocycles. The first kappa shape index (κ1) is 14.5. The summed E-state index contributed by atoms with van der Waals surface area (Å²) >= 11 is 5.73. The number of para-hydroxylation sites is 1. The molecular weight excluding hydrogens is 275 g/mol. The highest BCUT2D eigenvalue weighted by atomic mass is 35.5. The van der Waals surface area contributed by atoms with Gasteiger partial charge in [0.05, 0.1) is 5.56 Å². The molecule has 0 bridgehead atoms. The smallest absolute Gasteiger partial charge is 0.371 e. The van der Waals surface area contributed by atoms with E-state index in [1.165, 1.54) is 6.07 Å². The monoisotopic (exact) mass is 291 g/mol. The average molecular weight is 292 g/mol. The van der Waals surface area contributed by atoms with E-state index in [4.69, 9.17) is 11.6 Å². The molecule has 0 aliphatic carbocycles. The highest BCUT2D eigenvalue weighted by Crippen LogP contribution is 2.38. The minimum atomic E-state index is -4.30. The molecular formula is C14H17ClF3N. The van der Waals surface area contributed by atoms with Gasteiger partial charge in [0, 0.05) is 24.7 Å². The average Bonchev–Trinajstić information content (AvgIpc) is 2.38. The van der Waals surface area contributed by atoms with Crippen molar-refractivity contribution in [2.75, 3.05) is 23.9 Å². The lowest BCUT2D eigenvalue weighted by Crippen LogP contribution is -2.36. The molecule has 1 atom stereocenters. The van der Waals surface area contributed by atoms with Crippen molar-refractivity contribution in [2.24, 2.45) is 5.92 Å². The third-order valence-corrected chi connectivity index (χ3v) is 3.80. The number of hydrogen-bond donors (Lipinski definition) is 0. The van der Waals surface area contributed by atoms with Crippen LogP contribution in [-0.2, 0) is 6.18 Å². The number of hydrogen-bond acceptors (Lipinski definition) is 1. The Morgan fingerprint density at radius 1 is 1.26 bits per heavy atom. The number of benzene rings is 1. The van der Waals surface area contributed by atoms with Crippen LogP contribution < -0.4 is 4.90 Å². The van der Waals surface area contributed by atoms with Crippen LogP contribution in [0, 0.1) is 5.92 Å². The van der Waals surface area contributed by atoms with Crippen LogP contribution in [0.2, 0.25) is 0 Å². The molecule has 1 aromatic rings.